The Labute approximate surface area is 147 Å². The molecule has 0 aliphatic heterocycles. The van der Waals surface area contributed by atoms with Gasteiger partial charge in [-0.25, -0.2) is 4.98 Å². The van der Waals surface area contributed by atoms with Crippen LogP contribution in [0.3, 0.4) is 0 Å². The largest absolute Gasteiger partial charge is 0.357 e. The lowest BCUT2D eigenvalue weighted by molar-refractivity contribution is 0.297. The molecule has 0 atom stereocenters. The fraction of sp³-hybridized carbons (Fsp3) is 0.789. The first-order valence-electron chi connectivity index (χ1n) is 9.69. The molecule has 1 aromatic heterocycles. The molecule has 0 saturated heterocycles. The second-order valence-electron chi connectivity index (χ2n) is 7.06. The predicted molar refractivity (Wildman–Crippen MR) is 101 cm³/mol. The highest BCUT2D eigenvalue weighted by Crippen LogP contribution is 2.41. The van der Waals surface area contributed by atoms with Gasteiger partial charge in [0.15, 0.2) is 5.96 Å². The van der Waals surface area contributed by atoms with Gasteiger partial charge < -0.3 is 15.2 Å². The predicted octanol–water partition coefficient (Wildman–Crippen LogP) is 3.50. The Morgan fingerprint density at radius 3 is 2.67 bits per heavy atom. The number of imidazole rings is 1. The molecule has 1 aliphatic carbocycles. The first-order valence-corrected chi connectivity index (χ1v) is 9.69. The molecule has 5 nitrogen and oxygen atoms in total. The van der Waals surface area contributed by atoms with Gasteiger partial charge in [-0.2, -0.15) is 0 Å². The van der Waals surface area contributed by atoms with Crippen molar-refractivity contribution in [3.63, 3.8) is 0 Å². The molecule has 2 N–H and O–H groups in total. The van der Waals surface area contributed by atoms with Crippen molar-refractivity contribution >= 4 is 5.96 Å². The number of hydrogen-bond donors (Lipinski definition) is 2. The second-order valence-corrected chi connectivity index (χ2v) is 7.06. The Morgan fingerprint density at radius 2 is 2.04 bits per heavy atom. The van der Waals surface area contributed by atoms with Crippen LogP contribution in [0.15, 0.2) is 17.4 Å². The van der Waals surface area contributed by atoms with Gasteiger partial charge in [-0.1, -0.05) is 19.8 Å². The van der Waals surface area contributed by atoms with Crippen LogP contribution in [0.25, 0.3) is 0 Å². The number of guanidine groups is 1. The molecule has 1 saturated carbocycles. The number of hydrogen-bond acceptors (Lipinski definition) is 2. The second kappa shape index (κ2) is 9.70. The van der Waals surface area contributed by atoms with E-state index in [0.29, 0.717) is 5.41 Å². The minimum Gasteiger partial charge on any atom is -0.357 e. The molecule has 0 amide bonds. The number of unbranched alkanes of at least 4 members (excludes halogenated alkanes) is 1. The van der Waals surface area contributed by atoms with Crippen LogP contribution < -0.4 is 10.6 Å². The van der Waals surface area contributed by atoms with Crippen LogP contribution in [0.2, 0.25) is 0 Å². The third kappa shape index (κ3) is 5.53. The fourth-order valence-electron chi connectivity index (χ4n) is 3.59. The summed E-state index contributed by atoms with van der Waals surface area (Å²) < 4.78 is 2.21. The quantitative estimate of drug-likeness (QED) is 0.413. The highest BCUT2D eigenvalue weighted by molar-refractivity contribution is 5.79. The summed E-state index contributed by atoms with van der Waals surface area (Å²) in [6.45, 7) is 10.4. The van der Waals surface area contributed by atoms with Crippen LogP contribution in [0.1, 0.15) is 64.6 Å². The molecule has 0 bridgehead atoms. The van der Waals surface area contributed by atoms with Crippen molar-refractivity contribution in [2.24, 2.45) is 10.4 Å². The first kappa shape index (κ1) is 18.8. The van der Waals surface area contributed by atoms with E-state index >= 15 is 0 Å². The molecule has 1 fully saturated rings. The van der Waals surface area contributed by atoms with E-state index in [1.54, 1.807) is 0 Å². The van der Waals surface area contributed by atoms with Crippen LogP contribution in [0, 0.1) is 12.3 Å². The number of nitrogens with zero attached hydrogens (tertiary/aromatic N) is 3. The standard InChI is InChI=1S/C19H35N5/c1-4-19(10-6-7-11-19)16-23-18(20-5-2)22-12-8-9-14-24-15-13-21-17(24)3/h13,15H,4-12,14,16H2,1-3H3,(H2,20,22,23). The Balaban J connectivity index is 1.72. The molecule has 1 heterocycles. The number of aryl methyl sites for hydroxylation is 2. The molecule has 0 aromatic carbocycles. The van der Waals surface area contributed by atoms with Crippen molar-refractivity contribution < 1.29 is 0 Å². The lowest BCUT2D eigenvalue weighted by atomic mass is 9.84. The molecule has 24 heavy (non-hydrogen) atoms. The molecule has 1 aromatic rings. The van der Waals surface area contributed by atoms with Gasteiger partial charge in [0.05, 0.1) is 0 Å². The zero-order valence-corrected chi connectivity index (χ0v) is 15.8. The van der Waals surface area contributed by atoms with Crippen molar-refractivity contribution in [3.8, 4) is 0 Å². The zero-order valence-electron chi connectivity index (χ0n) is 15.8. The van der Waals surface area contributed by atoms with Crippen LogP contribution >= 0.6 is 0 Å². The van der Waals surface area contributed by atoms with E-state index < -0.39 is 0 Å². The van der Waals surface area contributed by atoms with E-state index in [0.717, 1.165) is 50.8 Å². The molecule has 1 aliphatic rings. The average molecular weight is 334 g/mol. The number of rotatable bonds is 9. The fourth-order valence-corrected chi connectivity index (χ4v) is 3.59. The normalized spacial score (nSPS) is 17.2. The Morgan fingerprint density at radius 1 is 1.25 bits per heavy atom. The van der Waals surface area contributed by atoms with Gasteiger partial charge in [-0.3, -0.25) is 4.99 Å². The lowest BCUT2D eigenvalue weighted by Gasteiger charge is -2.25. The summed E-state index contributed by atoms with van der Waals surface area (Å²) in [7, 11) is 0. The van der Waals surface area contributed by atoms with Crippen LogP contribution in [0.4, 0.5) is 0 Å². The van der Waals surface area contributed by atoms with E-state index in [-0.39, 0.29) is 0 Å². The van der Waals surface area contributed by atoms with E-state index in [2.05, 4.69) is 47.2 Å². The summed E-state index contributed by atoms with van der Waals surface area (Å²) in [6, 6.07) is 0. The molecule has 0 spiro atoms. The smallest absolute Gasteiger partial charge is 0.191 e. The van der Waals surface area contributed by atoms with Crippen LogP contribution in [-0.4, -0.2) is 35.1 Å². The highest BCUT2D eigenvalue weighted by Gasteiger charge is 2.31. The van der Waals surface area contributed by atoms with Gasteiger partial charge in [0.2, 0.25) is 0 Å². The Bertz CT molecular complexity index is 500. The van der Waals surface area contributed by atoms with Gasteiger partial charge in [0.25, 0.3) is 0 Å². The third-order valence-corrected chi connectivity index (χ3v) is 5.37. The molecule has 5 heteroatoms. The summed E-state index contributed by atoms with van der Waals surface area (Å²) >= 11 is 0. The van der Waals surface area contributed by atoms with Crippen molar-refractivity contribution in [1.29, 1.82) is 0 Å². The Kier molecular flexibility index (Phi) is 7.60. The van der Waals surface area contributed by atoms with E-state index in [4.69, 9.17) is 4.99 Å². The van der Waals surface area contributed by atoms with Gasteiger partial charge >= 0.3 is 0 Å². The first-order chi connectivity index (χ1) is 11.7. The average Bonchev–Trinajstić information content (AvgIpc) is 3.22. The summed E-state index contributed by atoms with van der Waals surface area (Å²) in [5.41, 5.74) is 0.460. The van der Waals surface area contributed by atoms with Gasteiger partial charge in [-0.05, 0) is 51.4 Å². The van der Waals surface area contributed by atoms with Crippen molar-refractivity contribution in [3.05, 3.63) is 18.2 Å². The molecule has 0 unspecified atom stereocenters. The minimum atomic E-state index is 0.460. The summed E-state index contributed by atoms with van der Waals surface area (Å²) in [5.74, 6) is 2.08. The maximum Gasteiger partial charge on any atom is 0.191 e. The van der Waals surface area contributed by atoms with Crippen molar-refractivity contribution in [1.82, 2.24) is 20.2 Å². The van der Waals surface area contributed by atoms with E-state index in [1.165, 1.54) is 32.1 Å². The summed E-state index contributed by atoms with van der Waals surface area (Å²) in [4.78, 5) is 9.14. The molecular formula is C19H35N5. The van der Waals surface area contributed by atoms with Crippen molar-refractivity contribution in [2.45, 2.75) is 72.3 Å². The topological polar surface area (TPSA) is 54.2 Å². The highest BCUT2D eigenvalue weighted by atomic mass is 15.2. The van der Waals surface area contributed by atoms with Gasteiger partial charge in [0, 0.05) is 38.6 Å². The van der Waals surface area contributed by atoms with E-state index in [9.17, 15) is 0 Å². The zero-order chi connectivity index (χ0) is 17.3. The summed E-state index contributed by atoms with van der Waals surface area (Å²) in [6.07, 6.45) is 12.9. The van der Waals surface area contributed by atoms with Crippen LogP contribution in [0.5, 0.6) is 0 Å². The Hall–Kier alpha value is -1.52. The lowest BCUT2D eigenvalue weighted by Crippen LogP contribution is -2.38. The maximum absolute atomic E-state index is 4.88. The van der Waals surface area contributed by atoms with Crippen LogP contribution in [-0.2, 0) is 6.54 Å². The SMILES string of the molecule is CCNC(=NCC1(CC)CCCC1)NCCCCn1ccnc1C. The third-order valence-electron chi connectivity index (χ3n) is 5.37. The minimum absolute atomic E-state index is 0.460. The van der Waals surface area contributed by atoms with Gasteiger partial charge in [0.1, 0.15) is 5.82 Å². The molecule has 2 rings (SSSR count). The monoisotopic (exact) mass is 333 g/mol. The maximum atomic E-state index is 4.88. The number of aromatic nitrogens is 2. The van der Waals surface area contributed by atoms with Crippen molar-refractivity contribution in [2.75, 3.05) is 19.6 Å². The van der Waals surface area contributed by atoms with Gasteiger partial charge in [-0.15, -0.1) is 0 Å². The summed E-state index contributed by atoms with van der Waals surface area (Å²) in [5, 5.41) is 6.88. The van der Waals surface area contributed by atoms with E-state index in [1.807, 2.05) is 6.20 Å². The molecular weight excluding hydrogens is 298 g/mol. The molecule has 136 valence electrons. The number of nitrogens with one attached hydrogen (secondary N) is 2. The number of aliphatic imine (C=N–C) groups is 1. The molecule has 0 radical (unpaired) electrons.